The predicted molar refractivity (Wildman–Crippen MR) is 53.9 cm³/mol. The molecular formula is C9H18N4O. The highest BCUT2D eigenvalue weighted by molar-refractivity contribution is 4.79. The molecule has 0 aromatic carbocycles. The summed E-state index contributed by atoms with van der Waals surface area (Å²) in [6, 6.07) is 0. The first-order valence-electron chi connectivity index (χ1n) is 4.97. The van der Waals surface area contributed by atoms with Crippen molar-refractivity contribution in [2.75, 3.05) is 20.3 Å². The third kappa shape index (κ3) is 3.85. The van der Waals surface area contributed by atoms with E-state index in [0.29, 0.717) is 13.2 Å². The molecule has 80 valence electrons. The quantitative estimate of drug-likeness (QED) is 0.645. The van der Waals surface area contributed by atoms with Crippen LogP contribution in [0.2, 0.25) is 0 Å². The Balaban J connectivity index is 2.22. The van der Waals surface area contributed by atoms with Crippen molar-refractivity contribution >= 4 is 0 Å². The van der Waals surface area contributed by atoms with E-state index in [-0.39, 0.29) is 0 Å². The average molecular weight is 198 g/mol. The van der Waals surface area contributed by atoms with Gasteiger partial charge >= 0.3 is 0 Å². The molecule has 0 bridgehead atoms. The second kappa shape index (κ2) is 6.50. The maximum absolute atomic E-state index is 5.35. The Morgan fingerprint density at radius 2 is 2.36 bits per heavy atom. The van der Waals surface area contributed by atoms with Gasteiger partial charge in [0.1, 0.15) is 6.33 Å². The maximum atomic E-state index is 5.35. The van der Waals surface area contributed by atoms with E-state index in [9.17, 15) is 0 Å². The molecule has 0 saturated heterocycles. The van der Waals surface area contributed by atoms with Crippen LogP contribution in [0.3, 0.4) is 0 Å². The van der Waals surface area contributed by atoms with E-state index in [2.05, 4.69) is 22.3 Å². The Morgan fingerprint density at radius 3 is 3.07 bits per heavy atom. The molecule has 0 fully saturated rings. The van der Waals surface area contributed by atoms with Crippen molar-refractivity contribution in [1.29, 1.82) is 0 Å². The topological polar surface area (TPSA) is 52.0 Å². The third-order valence-electron chi connectivity index (χ3n) is 1.73. The van der Waals surface area contributed by atoms with Crippen molar-refractivity contribution < 1.29 is 4.74 Å². The minimum absolute atomic E-state index is 0.705. The zero-order valence-electron chi connectivity index (χ0n) is 8.86. The van der Waals surface area contributed by atoms with Crippen LogP contribution in [0.5, 0.6) is 0 Å². The summed E-state index contributed by atoms with van der Waals surface area (Å²) in [6.07, 6.45) is 2.80. The minimum atomic E-state index is 0.705. The van der Waals surface area contributed by atoms with Crippen LogP contribution in [-0.2, 0) is 17.8 Å². The average Bonchev–Trinajstić information content (AvgIpc) is 2.61. The second-order valence-electron chi connectivity index (χ2n) is 3.07. The first kappa shape index (κ1) is 11.1. The van der Waals surface area contributed by atoms with Crippen LogP contribution in [-0.4, -0.2) is 35.0 Å². The van der Waals surface area contributed by atoms with Gasteiger partial charge in [-0.2, -0.15) is 5.10 Å². The van der Waals surface area contributed by atoms with Crippen LogP contribution in [0.4, 0.5) is 0 Å². The molecule has 0 radical (unpaired) electrons. The first-order valence-corrected chi connectivity index (χ1v) is 4.97. The minimum Gasteiger partial charge on any atom is -0.380 e. The fourth-order valence-electron chi connectivity index (χ4n) is 1.08. The number of hydrogen-bond donors (Lipinski definition) is 1. The summed E-state index contributed by atoms with van der Waals surface area (Å²) in [5.41, 5.74) is 0. The van der Waals surface area contributed by atoms with Crippen molar-refractivity contribution in [3.63, 3.8) is 0 Å². The number of rotatable bonds is 7. The fourth-order valence-corrected chi connectivity index (χ4v) is 1.08. The SMILES string of the molecule is CCCOCCn1cnc(CNC)n1. The lowest BCUT2D eigenvalue weighted by Crippen LogP contribution is -2.10. The number of ether oxygens (including phenoxy) is 1. The van der Waals surface area contributed by atoms with Crippen LogP contribution in [0.1, 0.15) is 19.2 Å². The molecule has 1 aromatic heterocycles. The summed E-state index contributed by atoms with van der Waals surface area (Å²) < 4.78 is 7.16. The van der Waals surface area contributed by atoms with Gasteiger partial charge in [0.25, 0.3) is 0 Å². The molecule has 1 aromatic rings. The summed E-state index contributed by atoms with van der Waals surface area (Å²) >= 11 is 0. The fraction of sp³-hybridized carbons (Fsp3) is 0.778. The molecule has 1 N–H and O–H groups in total. The zero-order chi connectivity index (χ0) is 10.2. The molecule has 0 aliphatic rings. The Hall–Kier alpha value is -0.940. The molecule has 0 atom stereocenters. The lowest BCUT2D eigenvalue weighted by molar-refractivity contribution is 0.124. The molecule has 0 aliphatic heterocycles. The van der Waals surface area contributed by atoms with E-state index in [1.54, 1.807) is 6.33 Å². The van der Waals surface area contributed by atoms with Gasteiger partial charge in [0.2, 0.25) is 0 Å². The number of aromatic nitrogens is 3. The molecule has 0 spiro atoms. The number of nitrogens with one attached hydrogen (secondary N) is 1. The smallest absolute Gasteiger partial charge is 0.164 e. The Kier molecular flexibility index (Phi) is 5.17. The lowest BCUT2D eigenvalue weighted by Gasteiger charge is -2.01. The monoisotopic (exact) mass is 198 g/mol. The van der Waals surface area contributed by atoms with Crippen LogP contribution >= 0.6 is 0 Å². The third-order valence-corrected chi connectivity index (χ3v) is 1.73. The van der Waals surface area contributed by atoms with Gasteiger partial charge in [-0.25, -0.2) is 4.98 Å². The van der Waals surface area contributed by atoms with Crippen LogP contribution in [0.25, 0.3) is 0 Å². The van der Waals surface area contributed by atoms with Crippen LogP contribution < -0.4 is 5.32 Å². The highest BCUT2D eigenvalue weighted by atomic mass is 16.5. The zero-order valence-corrected chi connectivity index (χ0v) is 8.86. The predicted octanol–water partition coefficient (Wildman–Crippen LogP) is 0.424. The molecular weight excluding hydrogens is 180 g/mol. The maximum Gasteiger partial charge on any atom is 0.164 e. The van der Waals surface area contributed by atoms with E-state index >= 15 is 0 Å². The van der Waals surface area contributed by atoms with E-state index in [1.165, 1.54) is 0 Å². The van der Waals surface area contributed by atoms with Crippen molar-refractivity contribution in [1.82, 2.24) is 20.1 Å². The number of hydrogen-bond acceptors (Lipinski definition) is 4. The summed E-state index contributed by atoms with van der Waals surface area (Å²) in [7, 11) is 1.88. The summed E-state index contributed by atoms with van der Waals surface area (Å²) in [6.45, 7) is 5.11. The summed E-state index contributed by atoms with van der Waals surface area (Å²) in [4.78, 5) is 4.14. The standard InChI is InChI=1S/C9H18N4O/c1-3-5-14-6-4-13-8-11-9(12-13)7-10-2/h8,10H,3-7H2,1-2H3. The van der Waals surface area contributed by atoms with Gasteiger partial charge in [-0.3, -0.25) is 4.68 Å². The van der Waals surface area contributed by atoms with E-state index in [4.69, 9.17) is 4.74 Å². The van der Waals surface area contributed by atoms with E-state index in [0.717, 1.165) is 25.4 Å². The molecule has 0 aliphatic carbocycles. The van der Waals surface area contributed by atoms with Crippen LogP contribution in [0.15, 0.2) is 6.33 Å². The Bertz CT molecular complexity index is 249. The van der Waals surface area contributed by atoms with Gasteiger partial charge in [-0.05, 0) is 13.5 Å². The molecule has 0 amide bonds. The Morgan fingerprint density at radius 1 is 1.50 bits per heavy atom. The molecule has 1 heterocycles. The lowest BCUT2D eigenvalue weighted by atomic mass is 10.5. The first-order chi connectivity index (χ1) is 6.86. The van der Waals surface area contributed by atoms with Gasteiger partial charge < -0.3 is 10.1 Å². The summed E-state index contributed by atoms with van der Waals surface area (Å²) in [5, 5.41) is 7.26. The molecule has 5 nitrogen and oxygen atoms in total. The van der Waals surface area contributed by atoms with Gasteiger partial charge in [0.15, 0.2) is 5.82 Å². The van der Waals surface area contributed by atoms with Crippen molar-refractivity contribution in [2.24, 2.45) is 0 Å². The van der Waals surface area contributed by atoms with Crippen molar-refractivity contribution in [3.8, 4) is 0 Å². The molecule has 0 saturated carbocycles. The molecule has 0 unspecified atom stereocenters. The normalized spacial score (nSPS) is 10.7. The molecule has 5 heteroatoms. The van der Waals surface area contributed by atoms with Gasteiger partial charge in [0, 0.05) is 6.61 Å². The van der Waals surface area contributed by atoms with Gasteiger partial charge in [-0.1, -0.05) is 6.92 Å². The molecule has 14 heavy (non-hydrogen) atoms. The summed E-state index contributed by atoms with van der Waals surface area (Å²) in [5.74, 6) is 0.822. The number of nitrogens with zero attached hydrogens (tertiary/aromatic N) is 3. The van der Waals surface area contributed by atoms with Crippen LogP contribution in [0, 0.1) is 0 Å². The Labute approximate surface area is 84.5 Å². The van der Waals surface area contributed by atoms with E-state index in [1.807, 2.05) is 11.7 Å². The highest BCUT2D eigenvalue weighted by Crippen LogP contribution is 1.90. The van der Waals surface area contributed by atoms with Gasteiger partial charge in [-0.15, -0.1) is 0 Å². The second-order valence-corrected chi connectivity index (χ2v) is 3.07. The van der Waals surface area contributed by atoms with E-state index < -0.39 is 0 Å². The van der Waals surface area contributed by atoms with Crippen molar-refractivity contribution in [3.05, 3.63) is 12.2 Å². The largest absolute Gasteiger partial charge is 0.380 e. The molecule has 1 rings (SSSR count). The van der Waals surface area contributed by atoms with Gasteiger partial charge in [0.05, 0.1) is 19.7 Å². The van der Waals surface area contributed by atoms with Crippen molar-refractivity contribution in [2.45, 2.75) is 26.4 Å². The highest BCUT2D eigenvalue weighted by Gasteiger charge is 1.98.